The van der Waals surface area contributed by atoms with Gasteiger partial charge in [0.1, 0.15) is 11.6 Å². The molecule has 1 heterocycles. The number of benzene rings is 1. The van der Waals surface area contributed by atoms with Gasteiger partial charge in [0, 0.05) is 17.8 Å². The lowest BCUT2D eigenvalue weighted by Gasteiger charge is -2.14. The van der Waals surface area contributed by atoms with Crippen molar-refractivity contribution in [3.05, 3.63) is 30.3 Å². The van der Waals surface area contributed by atoms with Crippen LogP contribution in [0, 0.1) is 0 Å². The second-order valence-electron chi connectivity index (χ2n) is 4.64. The Morgan fingerprint density at radius 3 is 2.81 bits per heavy atom. The lowest BCUT2D eigenvalue weighted by Crippen LogP contribution is -2.09. The van der Waals surface area contributed by atoms with E-state index in [0.29, 0.717) is 11.7 Å². The van der Waals surface area contributed by atoms with E-state index in [4.69, 9.17) is 15.2 Å². The molecule has 21 heavy (non-hydrogen) atoms. The lowest BCUT2D eigenvalue weighted by molar-refractivity contribution is 0.217. The zero-order valence-corrected chi connectivity index (χ0v) is 12.5. The molecule has 0 saturated carbocycles. The van der Waals surface area contributed by atoms with Crippen molar-refractivity contribution in [3.63, 3.8) is 0 Å². The normalized spacial score (nSPS) is 11.8. The van der Waals surface area contributed by atoms with Crippen LogP contribution in [0.5, 0.6) is 11.6 Å². The Kier molecular flexibility index (Phi) is 4.81. The summed E-state index contributed by atoms with van der Waals surface area (Å²) in [6.45, 7) is 4.12. The van der Waals surface area contributed by atoms with Crippen LogP contribution < -0.4 is 20.5 Å². The Balaban J connectivity index is 2.16. The SMILES string of the molecule is CCC(C)Oc1cccc(Nc2cc(OC)nc(N)n2)c1. The summed E-state index contributed by atoms with van der Waals surface area (Å²) in [6, 6.07) is 9.36. The average Bonchev–Trinajstić information content (AvgIpc) is 2.46. The third-order valence-electron chi connectivity index (χ3n) is 2.95. The van der Waals surface area contributed by atoms with Crippen molar-refractivity contribution >= 4 is 17.5 Å². The molecule has 1 aromatic heterocycles. The first kappa shape index (κ1) is 14.9. The number of rotatable bonds is 6. The van der Waals surface area contributed by atoms with Crippen LogP contribution in [0.4, 0.5) is 17.5 Å². The largest absolute Gasteiger partial charge is 0.491 e. The van der Waals surface area contributed by atoms with E-state index in [9.17, 15) is 0 Å². The predicted molar refractivity (Wildman–Crippen MR) is 83.1 cm³/mol. The maximum absolute atomic E-state index is 5.79. The first-order valence-electron chi connectivity index (χ1n) is 6.83. The molecule has 0 amide bonds. The Labute approximate surface area is 124 Å². The van der Waals surface area contributed by atoms with Gasteiger partial charge in [0.25, 0.3) is 0 Å². The topological polar surface area (TPSA) is 82.3 Å². The maximum Gasteiger partial charge on any atom is 0.225 e. The summed E-state index contributed by atoms with van der Waals surface area (Å²) in [5.41, 5.74) is 6.49. The highest BCUT2D eigenvalue weighted by molar-refractivity contribution is 5.59. The molecule has 0 saturated heterocycles. The van der Waals surface area contributed by atoms with Gasteiger partial charge in [-0.15, -0.1) is 0 Å². The van der Waals surface area contributed by atoms with Crippen LogP contribution in [-0.4, -0.2) is 23.2 Å². The molecular weight excluding hydrogens is 268 g/mol. The number of methoxy groups -OCH3 is 1. The molecule has 2 aromatic rings. The van der Waals surface area contributed by atoms with E-state index < -0.39 is 0 Å². The number of nitrogens with one attached hydrogen (secondary N) is 1. The zero-order chi connectivity index (χ0) is 15.2. The van der Waals surface area contributed by atoms with Crippen molar-refractivity contribution in [2.24, 2.45) is 0 Å². The number of ether oxygens (including phenoxy) is 2. The molecule has 1 unspecified atom stereocenters. The third-order valence-corrected chi connectivity index (χ3v) is 2.95. The van der Waals surface area contributed by atoms with Crippen molar-refractivity contribution in [1.29, 1.82) is 0 Å². The fourth-order valence-electron chi connectivity index (χ4n) is 1.72. The van der Waals surface area contributed by atoms with Gasteiger partial charge in [0.15, 0.2) is 0 Å². The van der Waals surface area contributed by atoms with Gasteiger partial charge in [-0.25, -0.2) is 0 Å². The minimum absolute atomic E-state index is 0.156. The van der Waals surface area contributed by atoms with Crippen molar-refractivity contribution in [1.82, 2.24) is 9.97 Å². The first-order chi connectivity index (χ1) is 10.1. The number of aromatic nitrogens is 2. The molecule has 1 atom stereocenters. The fraction of sp³-hybridized carbons (Fsp3) is 0.333. The van der Waals surface area contributed by atoms with E-state index in [-0.39, 0.29) is 12.1 Å². The standard InChI is InChI=1S/C15H20N4O2/c1-4-10(2)21-12-7-5-6-11(8-12)17-13-9-14(20-3)19-15(16)18-13/h5-10H,4H2,1-3H3,(H3,16,17,18,19). The van der Waals surface area contributed by atoms with Gasteiger partial charge in [0.05, 0.1) is 13.2 Å². The Hall–Kier alpha value is -2.50. The highest BCUT2D eigenvalue weighted by Crippen LogP contribution is 2.23. The van der Waals surface area contributed by atoms with Gasteiger partial charge in [-0.1, -0.05) is 13.0 Å². The summed E-state index contributed by atoms with van der Waals surface area (Å²) in [7, 11) is 1.53. The van der Waals surface area contributed by atoms with E-state index in [1.807, 2.05) is 31.2 Å². The van der Waals surface area contributed by atoms with Crippen molar-refractivity contribution in [3.8, 4) is 11.6 Å². The van der Waals surface area contributed by atoms with Crippen LogP contribution in [0.25, 0.3) is 0 Å². The maximum atomic E-state index is 5.79. The zero-order valence-electron chi connectivity index (χ0n) is 12.5. The Morgan fingerprint density at radius 1 is 1.29 bits per heavy atom. The van der Waals surface area contributed by atoms with Crippen LogP contribution in [-0.2, 0) is 0 Å². The predicted octanol–water partition coefficient (Wildman–Crippen LogP) is 2.99. The highest BCUT2D eigenvalue weighted by atomic mass is 16.5. The fourth-order valence-corrected chi connectivity index (χ4v) is 1.72. The molecule has 1 aromatic carbocycles. The smallest absolute Gasteiger partial charge is 0.225 e. The number of nitrogens with two attached hydrogens (primary N) is 1. The van der Waals surface area contributed by atoms with Crippen molar-refractivity contribution in [2.75, 3.05) is 18.2 Å². The van der Waals surface area contributed by atoms with Crippen molar-refractivity contribution < 1.29 is 9.47 Å². The van der Waals surface area contributed by atoms with Gasteiger partial charge in [-0.2, -0.15) is 9.97 Å². The van der Waals surface area contributed by atoms with E-state index in [1.54, 1.807) is 6.07 Å². The molecule has 6 heteroatoms. The highest BCUT2D eigenvalue weighted by Gasteiger charge is 2.05. The molecule has 6 nitrogen and oxygen atoms in total. The van der Waals surface area contributed by atoms with Crippen LogP contribution in [0.15, 0.2) is 30.3 Å². The quantitative estimate of drug-likeness (QED) is 0.850. The number of nitrogen functional groups attached to an aromatic ring is 1. The van der Waals surface area contributed by atoms with E-state index in [0.717, 1.165) is 17.9 Å². The van der Waals surface area contributed by atoms with Gasteiger partial charge < -0.3 is 20.5 Å². The first-order valence-corrected chi connectivity index (χ1v) is 6.83. The summed E-state index contributed by atoms with van der Waals surface area (Å²) < 4.78 is 10.9. The number of hydrogen-bond donors (Lipinski definition) is 2. The summed E-state index contributed by atoms with van der Waals surface area (Å²) in [5.74, 6) is 1.95. The van der Waals surface area contributed by atoms with Gasteiger partial charge in [0.2, 0.25) is 11.8 Å². The lowest BCUT2D eigenvalue weighted by atomic mass is 10.2. The molecule has 0 fully saturated rings. The van der Waals surface area contributed by atoms with Crippen LogP contribution in [0.2, 0.25) is 0 Å². The molecular formula is C15H20N4O2. The molecule has 2 rings (SSSR count). The Morgan fingerprint density at radius 2 is 2.10 bits per heavy atom. The molecule has 0 spiro atoms. The summed E-state index contributed by atoms with van der Waals surface area (Å²) in [5, 5.41) is 3.16. The van der Waals surface area contributed by atoms with Crippen molar-refractivity contribution in [2.45, 2.75) is 26.4 Å². The second kappa shape index (κ2) is 6.78. The molecule has 0 aliphatic heterocycles. The average molecular weight is 288 g/mol. The van der Waals surface area contributed by atoms with E-state index in [1.165, 1.54) is 7.11 Å². The molecule has 112 valence electrons. The molecule has 0 radical (unpaired) electrons. The van der Waals surface area contributed by atoms with E-state index >= 15 is 0 Å². The van der Waals surface area contributed by atoms with Crippen LogP contribution in [0.1, 0.15) is 20.3 Å². The van der Waals surface area contributed by atoms with Gasteiger partial charge in [-0.3, -0.25) is 0 Å². The molecule has 0 aliphatic rings. The Bertz CT molecular complexity index is 604. The number of anilines is 3. The number of nitrogens with zero attached hydrogens (tertiary/aromatic N) is 2. The summed E-state index contributed by atoms with van der Waals surface area (Å²) in [6.07, 6.45) is 1.13. The summed E-state index contributed by atoms with van der Waals surface area (Å²) >= 11 is 0. The monoisotopic (exact) mass is 288 g/mol. The van der Waals surface area contributed by atoms with E-state index in [2.05, 4.69) is 22.2 Å². The minimum atomic E-state index is 0.156. The minimum Gasteiger partial charge on any atom is -0.491 e. The molecule has 0 bridgehead atoms. The van der Waals surface area contributed by atoms with Gasteiger partial charge in [-0.05, 0) is 25.5 Å². The summed E-state index contributed by atoms with van der Waals surface area (Å²) in [4.78, 5) is 8.06. The van der Waals surface area contributed by atoms with Crippen LogP contribution in [0.3, 0.4) is 0 Å². The number of hydrogen-bond acceptors (Lipinski definition) is 6. The third kappa shape index (κ3) is 4.24. The second-order valence-corrected chi connectivity index (χ2v) is 4.64. The molecule has 3 N–H and O–H groups in total. The van der Waals surface area contributed by atoms with Crippen LogP contribution >= 0.6 is 0 Å². The van der Waals surface area contributed by atoms with Gasteiger partial charge >= 0.3 is 0 Å². The molecule has 0 aliphatic carbocycles.